The van der Waals surface area contributed by atoms with E-state index in [-0.39, 0.29) is 0 Å². The van der Waals surface area contributed by atoms with Crippen molar-refractivity contribution in [2.75, 3.05) is 20.2 Å². The Morgan fingerprint density at radius 1 is 1.12 bits per heavy atom. The molecule has 16 heavy (non-hydrogen) atoms. The zero-order valence-electron chi connectivity index (χ0n) is 9.61. The van der Waals surface area contributed by atoms with Crippen molar-refractivity contribution in [2.45, 2.75) is 19.3 Å². The number of benzene rings is 1. The maximum atomic E-state index is 5.16. The van der Waals surface area contributed by atoms with Gasteiger partial charge >= 0.3 is 105 Å². The fourth-order valence-corrected chi connectivity index (χ4v) is 2.68. The molecule has 0 amide bonds. The molecule has 1 aliphatic heterocycles. The second-order valence-electron chi connectivity index (χ2n) is 4.08. The standard InChI is InChI=1S/C13H17NOSe/c1-15-12-7-5-11(6-8-12)13(16)14-9-3-2-4-10-14/h5-8H,2-4,9-10H2,1H3. The van der Waals surface area contributed by atoms with Crippen molar-refractivity contribution in [3.05, 3.63) is 29.8 Å². The average Bonchev–Trinajstić information content (AvgIpc) is 2.39. The molecule has 0 bridgehead atoms. The summed E-state index contributed by atoms with van der Waals surface area (Å²) >= 11 is 3.20. The third-order valence-electron chi connectivity index (χ3n) is 2.98. The summed E-state index contributed by atoms with van der Waals surface area (Å²) in [5, 5.41) is 0. The minimum atomic E-state index is 0.912. The van der Waals surface area contributed by atoms with Crippen molar-refractivity contribution >= 4 is 20.1 Å². The van der Waals surface area contributed by atoms with E-state index in [9.17, 15) is 0 Å². The van der Waals surface area contributed by atoms with Gasteiger partial charge in [-0.1, -0.05) is 0 Å². The summed E-state index contributed by atoms with van der Waals surface area (Å²) in [4.78, 5) is 2.44. The van der Waals surface area contributed by atoms with E-state index in [1.54, 1.807) is 7.11 Å². The molecule has 2 rings (SSSR count). The zero-order valence-corrected chi connectivity index (χ0v) is 11.3. The Morgan fingerprint density at radius 2 is 1.75 bits per heavy atom. The Hall–Kier alpha value is -0.791. The summed E-state index contributed by atoms with van der Waals surface area (Å²) in [6.45, 7) is 2.35. The van der Waals surface area contributed by atoms with Crippen molar-refractivity contribution in [3.63, 3.8) is 0 Å². The fourth-order valence-electron chi connectivity index (χ4n) is 2.01. The number of piperidine rings is 1. The monoisotopic (exact) mass is 283 g/mol. The van der Waals surface area contributed by atoms with Crippen LogP contribution in [0.25, 0.3) is 0 Å². The summed E-state index contributed by atoms with van der Waals surface area (Å²) in [5.74, 6) is 0.912. The van der Waals surface area contributed by atoms with Crippen LogP contribution in [0.1, 0.15) is 24.8 Å². The molecule has 0 radical (unpaired) electrons. The Bertz CT molecular complexity index is 355. The van der Waals surface area contributed by atoms with Gasteiger partial charge in [0.2, 0.25) is 0 Å². The summed E-state index contributed by atoms with van der Waals surface area (Å²) in [6.07, 6.45) is 3.98. The molecule has 1 heterocycles. The number of hydrogen-bond acceptors (Lipinski definition) is 2. The molecule has 1 aromatic rings. The van der Waals surface area contributed by atoms with Crippen LogP contribution < -0.4 is 4.74 Å². The first-order valence-corrected chi connectivity index (χ1v) is 6.60. The molecule has 0 unspecified atom stereocenters. The molecule has 0 aliphatic carbocycles. The SMILES string of the molecule is COc1ccc(C(=[Se])N2CCCCC2)cc1. The van der Waals surface area contributed by atoms with Crippen LogP contribution in [0.15, 0.2) is 24.3 Å². The van der Waals surface area contributed by atoms with E-state index in [2.05, 4.69) is 32.6 Å². The number of methoxy groups -OCH3 is 1. The molecule has 0 saturated carbocycles. The molecule has 1 fully saturated rings. The van der Waals surface area contributed by atoms with Gasteiger partial charge in [0, 0.05) is 0 Å². The Balaban J connectivity index is 2.07. The minimum absolute atomic E-state index is 0.912. The van der Waals surface area contributed by atoms with E-state index in [0.29, 0.717) is 0 Å². The molecule has 86 valence electrons. The molecule has 3 heteroatoms. The zero-order chi connectivity index (χ0) is 11.4. The third kappa shape index (κ3) is 2.66. The number of hydrogen-bond donors (Lipinski definition) is 0. The Labute approximate surface area is 105 Å². The molecule has 0 spiro atoms. The van der Waals surface area contributed by atoms with Gasteiger partial charge < -0.3 is 0 Å². The summed E-state index contributed by atoms with van der Waals surface area (Å²) < 4.78 is 6.43. The summed E-state index contributed by atoms with van der Waals surface area (Å²) in [5.41, 5.74) is 1.25. The normalized spacial score (nSPS) is 15.9. The molecule has 1 saturated heterocycles. The van der Waals surface area contributed by atoms with E-state index in [4.69, 9.17) is 4.74 Å². The van der Waals surface area contributed by atoms with Gasteiger partial charge in [-0.25, -0.2) is 0 Å². The van der Waals surface area contributed by atoms with Gasteiger partial charge in [-0.2, -0.15) is 0 Å². The van der Waals surface area contributed by atoms with E-state index < -0.39 is 0 Å². The molecule has 1 aromatic carbocycles. The predicted molar refractivity (Wildman–Crippen MR) is 68.3 cm³/mol. The number of ether oxygens (including phenoxy) is 1. The molecular weight excluding hydrogens is 265 g/mol. The number of rotatable bonds is 3. The molecule has 1 aliphatic rings. The first-order valence-electron chi connectivity index (χ1n) is 5.74. The van der Waals surface area contributed by atoms with Crippen LogP contribution in [0, 0.1) is 0 Å². The Kier molecular flexibility index (Phi) is 4.03. The van der Waals surface area contributed by atoms with Crippen LogP contribution >= 0.6 is 0 Å². The van der Waals surface area contributed by atoms with Crippen LogP contribution in [-0.2, 0) is 0 Å². The van der Waals surface area contributed by atoms with Crippen LogP contribution in [-0.4, -0.2) is 45.2 Å². The first kappa shape index (κ1) is 11.7. The van der Waals surface area contributed by atoms with Crippen molar-refractivity contribution in [1.29, 1.82) is 0 Å². The van der Waals surface area contributed by atoms with E-state index in [0.717, 1.165) is 5.75 Å². The van der Waals surface area contributed by atoms with Crippen molar-refractivity contribution in [2.24, 2.45) is 0 Å². The van der Waals surface area contributed by atoms with E-state index in [1.807, 2.05) is 12.1 Å². The van der Waals surface area contributed by atoms with Gasteiger partial charge in [-0.15, -0.1) is 0 Å². The van der Waals surface area contributed by atoms with Gasteiger partial charge in [-0.05, 0) is 0 Å². The average molecular weight is 282 g/mol. The summed E-state index contributed by atoms with van der Waals surface area (Å²) in [7, 11) is 1.70. The maximum absolute atomic E-state index is 5.16. The fraction of sp³-hybridized carbons (Fsp3) is 0.462. The van der Waals surface area contributed by atoms with Gasteiger partial charge in [0.05, 0.1) is 0 Å². The quantitative estimate of drug-likeness (QED) is 0.784. The van der Waals surface area contributed by atoms with Crippen LogP contribution in [0.2, 0.25) is 0 Å². The Morgan fingerprint density at radius 3 is 2.31 bits per heavy atom. The van der Waals surface area contributed by atoms with Crippen LogP contribution in [0.4, 0.5) is 0 Å². The van der Waals surface area contributed by atoms with E-state index >= 15 is 0 Å². The second-order valence-corrected chi connectivity index (χ2v) is 4.89. The van der Waals surface area contributed by atoms with Gasteiger partial charge in [-0.3, -0.25) is 0 Å². The van der Waals surface area contributed by atoms with Gasteiger partial charge in [0.15, 0.2) is 0 Å². The van der Waals surface area contributed by atoms with Gasteiger partial charge in [0.25, 0.3) is 0 Å². The predicted octanol–water partition coefficient (Wildman–Crippen LogP) is 1.83. The van der Waals surface area contributed by atoms with Crippen molar-refractivity contribution < 1.29 is 4.74 Å². The third-order valence-corrected chi connectivity index (χ3v) is 4.02. The molecule has 0 aromatic heterocycles. The molecular formula is C13H17NOSe. The van der Waals surface area contributed by atoms with Crippen molar-refractivity contribution in [1.82, 2.24) is 4.90 Å². The number of likely N-dealkylation sites (tertiary alicyclic amines) is 1. The topological polar surface area (TPSA) is 12.5 Å². The summed E-state index contributed by atoms with van der Waals surface area (Å²) in [6, 6.07) is 8.24. The first-order chi connectivity index (χ1) is 7.81. The van der Waals surface area contributed by atoms with Gasteiger partial charge in [0.1, 0.15) is 0 Å². The van der Waals surface area contributed by atoms with Crippen LogP contribution in [0.3, 0.4) is 0 Å². The molecule has 2 nitrogen and oxygen atoms in total. The number of nitrogens with zero attached hydrogens (tertiary/aromatic N) is 1. The molecule has 0 atom stereocenters. The van der Waals surface area contributed by atoms with E-state index in [1.165, 1.54) is 42.5 Å². The van der Waals surface area contributed by atoms with Crippen molar-refractivity contribution in [3.8, 4) is 5.75 Å². The second kappa shape index (κ2) is 5.51. The molecule has 0 N–H and O–H groups in total. The van der Waals surface area contributed by atoms with Crippen LogP contribution in [0.5, 0.6) is 5.75 Å².